The zero-order valence-corrected chi connectivity index (χ0v) is 12.8. The maximum atomic E-state index is 5.72. The molecule has 0 aliphatic rings. The standard InChI is InChI=1S/C18H23NO2/c1-15-7-3-5-9-17(15)20-13-11-19-12-14-21-18-10-6-4-8-16(18)2/h3-10,19H,11-14H2,1-2H3. The lowest BCUT2D eigenvalue weighted by Gasteiger charge is -2.11. The summed E-state index contributed by atoms with van der Waals surface area (Å²) in [5, 5.41) is 3.31. The predicted molar refractivity (Wildman–Crippen MR) is 86.2 cm³/mol. The lowest BCUT2D eigenvalue weighted by atomic mass is 10.2. The van der Waals surface area contributed by atoms with Crippen molar-refractivity contribution < 1.29 is 9.47 Å². The van der Waals surface area contributed by atoms with Gasteiger partial charge in [0.15, 0.2) is 0 Å². The second kappa shape index (κ2) is 8.32. The van der Waals surface area contributed by atoms with Crippen LogP contribution in [0.15, 0.2) is 48.5 Å². The van der Waals surface area contributed by atoms with Crippen LogP contribution in [0.2, 0.25) is 0 Å². The Balaban J connectivity index is 1.57. The van der Waals surface area contributed by atoms with Crippen molar-refractivity contribution in [2.75, 3.05) is 26.3 Å². The summed E-state index contributed by atoms with van der Waals surface area (Å²) in [5.41, 5.74) is 2.33. The van der Waals surface area contributed by atoms with Crippen molar-refractivity contribution in [2.45, 2.75) is 13.8 Å². The van der Waals surface area contributed by atoms with E-state index in [0.717, 1.165) is 24.6 Å². The minimum atomic E-state index is 0.662. The third-order valence-corrected chi connectivity index (χ3v) is 3.26. The SMILES string of the molecule is Cc1ccccc1OCCNCCOc1ccccc1C. The number of hydrogen-bond donors (Lipinski definition) is 1. The van der Waals surface area contributed by atoms with Crippen LogP contribution in [0.5, 0.6) is 11.5 Å². The Morgan fingerprint density at radius 3 is 1.57 bits per heavy atom. The van der Waals surface area contributed by atoms with E-state index in [-0.39, 0.29) is 0 Å². The van der Waals surface area contributed by atoms with Gasteiger partial charge in [-0.2, -0.15) is 0 Å². The number of hydrogen-bond acceptors (Lipinski definition) is 3. The van der Waals surface area contributed by atoms with Crippen LogP contribution in [0.1, 0.15) is 11.1 Å². The third-order valence-electron chi connectivity index (χ3n) is 3.26. The Morgan fingerprint density at radius 2 is 1.14 bits per heavy atom. The fourth-order valence-corrected chi connectivity index (χ4v) is 2.03. The number of aryl methyl sites for hydroxylation is 2. The molecule has 0 saturated carbocycles. The van der Waals surface area contributed by atoms with Gasteiger partial charge in [0.25, 0.3) is 0 Å². The summed E-state index contributed by atoms with van der Waals surface area (Å²) in [7, 11) is 0. The maximum absolute atomic E-state index is 5.72. The van der Waals surface area contributed by atoms with Crippen molar-refractivity contribution in [2.24, 2.45) is 0 Å². The number of rotatable bonds is 8. The van der Waals surface area contributed by atoms with Gasteiger partial charge in [0.2, 0.25) is 0 Å². The lowest BCUT2D eigenvalue weighted by molar-refractivity contribution is 0.287. The van der Waals surface area contributed by atoms with Gasteiger partial charge >= 0.3 is 0 Å². The minimum absolute atomic E-state index is 0.662. The summed E-state index contributed by atoms with van der Waals surface area (Å²) in [5.74, 6) is 1.91. The van der Waals surface area contributed by atoms with E-state index < -0.39 is 0 Å². The number of para-hydroxylation sites is 2. The molecule has 1 N–H and O–H groups in total. The second-order valence-corrected chi connectivity index (χ2v) is 4.98. The Bertz CT molecular complexity index is 505. The molecule has 0 fully saturated rings. The monoisotopic (exact) mass is 285 g/mol. The highest BCUT2D eigenvalue weighted by Gasteiger charge is 1.98. The smallest absolute Gasteiger partial charge is 0.122 e. The molecule has 0 radical (unpaired) electrons. The van der Waals surface area contributed by atoms with Crippen LogP contribution in [0.25, 0.3) is 0 Å². The first-order valence-electron chi connectivity index (χ1n) is 7.35. The highest BCUT2D eigenvalue weighted by Crippen LogP contribution is 2.16. The molecular weight excluding hydrogens is 262 g/mol. The molecule has 21 heavy (non-hydrogen) atoms. The highest BCUT2D eigenvalue weighted by molar-refractivity contribution is 5.32. The first-order chi connectivity index (χ1) is 10.3. The van der Waals surface area contributed by atoms with E-state index in [9.17, 15) is 0 Å². The molecule has 2 rings (SSSR count). The number of ether oxygens (including phenoxy) is 2. The Morgan fingerprint density at radius 1 is 0.714 bits per heavy atom. The van der Waals surface area contributed by atoms with Gasteiger partial charge in [0.1, 0.15) is 24.7 Å². The van der Waals surface area contributed by atoms with E-state index in [2.05, 4.69) is 31.3 Å². The average molecular weight is 285 g/mol. The molecular formula is C18H23NO2. The van der Waals surface area contributed by atoms with E-state index in [0.29, 0.717) is 13.2 Å². The van der Waals surface area contributed by atoms with Crippen molar-refractivity contribution >= 4 is 0 Å². The predicted octanol–water partition coefficient (Wildman–Crippen LogP) is 3.35. The molecule has 3 heteroatoms. The summed E-state index contributed by atoms with van der Waals surface area (Å²) in [6.45, 7) is 7.05. The first-order valence-corrected chi connectivity index (χ1v) is 7.35. The first kappa shape index (κ1) is 15.4. The molecule has 0 spiro atoms. The van der Waals surface area contributed by atoms with E-state index in [4.69, 9.17) is 9.47 Å². The molecule has 0 aliphatic heterocycles. The molecule has 0 saturated heterocycles. The molecule has 112 valence electrons. The maximum Gasteiger partial charge on any atom is 0.122 e. The van der Waals surface area contributed by atoms with Gasteiger partial charge in [-0.25, -0.2) is 0 Å². The average Bonchev–Trinajstić information content (AvgIpc) is 2.50. The largest absolute Gasteiger partial charge is 0.492 e. The van der Waals surface area contributed by atoms with Crippen molar-refractivity contribution in [3.63, 3.8) is 0 Å². The van der Waals surface area contributed by atoms with Crippen LogP contribution in [-0.2, 0) is 0 Å². The van der Waals surface area contributed by atoms with Crippen LogP contribution >= 0.6 is 0 Å². The van der Waals surface area contributed by atoms with Crippen molar-refractivity contribution in [3.05, 3.63) is 59.7 Å². The Labute approximate surface area is 126 Å². The number of nitrogens with one attached hydrogen (secondary N) is 1. The molecule has 0 unspecified atom stereocenters. The minimum Gasteiger partial charge on any atom is -0.492 e. The van der Waals surface area contributed by atoms with Crippen LogP contribution < -0.4 is 14.8 Å². The lowest BCUT2D eigenvalue weighted by Crippen LogP contribution is -2.26. The summed E-state index contributed by atoms with van der Waals surface area (Å²) >= 11 is 0. The van der Waals surface area contributed by atoms with Crippen molar-refractivity contribution in [1.29, 1.82) is 0 Å². The van der Waals surface area contributed by atoms with Crippen LogP contribution in [-0.4, -0.2) is 26.3 Å². The topological polar surface area (TPSA) is 30.5 Å². The molecule has 0 amide bonds. The van der Waals surface area contributed by atoms with E-state index >= 15 is 0 Å². The fraction of sp³-hybridized carbons (Fsp3) is 0.333. The van der Waals surface area contributed by atoms with E-state index in [1.54, 1.807) is 0 Å². The zero-order valence-electron chi connectivity index (χ0n) is 12.8. The molecule has 3 nitrogen and oxygen atoms in total. The molecule has 2 aromatic rings. The second-order valence-electron chi connectivity index (χ2n) is 4.98. The summed E-state index contributed by atoms with van der Waals surface area (Å²) in [4.78, 5) is 0. The summed E-state index contributed by atoms with van der Waals surface area (Å²) in [6.07, 6.45) is 0. The van der Waals surface area contributed by atoms with Gasteiger partial charge in [0.05, 0.1) is 0 Å². The normalized spacial score (nSPS) is 10.4. The molecule has 0 heterocycles. The summed E-state index contributed by atoms with van der Waals surface area (Å²) in [6, 6.07) is 16.1. The van der Waals surface area contributed by atoms with Crippen LogP contribution in [0, 0.1) is 13.8 Å². The van der Waals surface area contributed by atoms with Gasteiger partial charge in [-0.1, -0.05) is 36.4 Å². The van der Waals surface area contributed by atoms with E-state index in [1.165, 1.54) is 11.1 Å². The highest BCUT2D eigenvalue weighted by atomic mass is 16.5. The van der Waals surface area contributed by atoms with Gasteiger partial charge < -0.3 is 14.8 Å². The van der Waals surface area contributed by atoms with Gasteiger partial charge in [-0.05, 0) is 37.1 Å². The van der Waals surface area contributed by atoms with Crippen LogP contribution in [0.4, 0.5) is 0 Å². The molecule has 2 aromatic carbocycles. The third kappa shape index (κ3) is 5.12. The van der Waals surface area contributed by atoms with Gasteiger partial charge in [0, 0.05) is 13.1 Å². The number of benzene rings is 2. The van der Waals surface area contributed by atoms with Crippen LogP contribution in [0.3, 0.4) is 0 Å². The molecule has 0 atom stereocenters. The molecule has 0 aliphatic carbocycles. The molecule has 0 aromatic heterocycles. The van der Waals surface area contributed by atoms with Gasteiger partial charge in [-0.3, -0.25) is 0 Å². The van der Waals surface area contributed by atoms with E-state index in [1.807, 2.05) is 36.4 Å². The Kier molecular flexibility index (Phi) is 6.10. The summed E-state index contributed by atoms with van der Waals surface area (Å²) < 4.78 is 11.4. The molecule has 0 bridgehead atoms. The van der Waals surface area contributed by atoms with Crippen molar-refractivity contribution in [3.8, 4) is 11.5 Å². The quantitative estimate of drug-likeness (QED) is 0.755. The van der Waals surface area contributed by atoms with Crippen molar-refractivity contribution in [1.82, 2.24) is 5.32 Å². The zero-order chi connectivity index (χ0) is 14.9. The fourth-order valence-electron chi connectivity index (χ4n) is 2.03. The Hall–Kier alpha value is -2.00. The van der Waals surface area contributed by atoms with Gasteiger partial charge in [-0.15, -0.1) is 0 Å².